The molecule has 0 unspecified atom stereocenters. The van der Waals surface area contributed by atoms with Crippen molar-refractivity contribution in [3.05, 3.63) is 71.4 Å². The minimum Gasteiger partial charge on any atom is -0.497 e. The van der Waals surface area contributed by atoms with Crippen LogP contribution in [-0.2, 0) is 18.4 Å². The molecule has 0 fully saturated rings. The molecule has 31 heavy (non-hydrogen) atoms. The molecular weight excluding hydrogens is 396 g/mol. The number of carbonyl (C=O) groups is 1. The molecule has 0 bridgehead atoms. The molecular formula is C23H22N4O4. The molecule has 0 aliphatic rings. The zero-order chi connectivity index (χ0) is 22.0. The van der Waals surface area contributed by atoms with Crippen molar-refractivity contribution >= 4 is 22.6 Å². The van der Waals surface area contributed by atoms with Crippen LogP contribution < -0.4 is 20.3 Å². The van der Waals surface area contributed by atoms with Crippen molar-refractivity contribution in [1.29, 1.82) is 0 Å². The Morgan fingerprint density at radius 2 is 1.90 bits per heavy atom. The number of carbonyl (C=O) groups excluding carboxylic acids is 1. The monoisotopic (exact) mass is 418 g/mol. The molecule has 0 aliphatic carbocycles. The van der Waals surface area contributed by atoms with Crippen molar-refractivity contribution in [3.8, 4) is 22.6 Å². The largest absolute Gasteiger partial charge is 0.497 e. The topological polar surface area (TPSA) is 87.4 Å². The summed E-state index contributed by atoms with van der Waals surface area (Å²) in [6.45, 7) is -0.167. The molecule has 2 aromatic carbocycles. The van der Waals surface area contributed by atoms with Gasteiger partial charge in [-0.25, -0.2) is 4.98 Å². The lowest BCUT2D eigenvalue weighted by molar-refractivity contribution is -0.116. The Hall–Kier alpha value is -4.07. The van der Waals surface area contributed by atoms with Crippen LogP contribution in [0.5, 0.6) is 11.5 Å². The van der Waals surface area contributed by atoms with Gasteiger partial charge in [-0.1, -0.05) is 24.3 Å². The molecule has 0 atom stereocenters. The fourth-order valence-electron chi connectivity index (χ4n) is 3.52. The SMILES string of the molecule is COc1cccc(-c2cn(C)c3c(=O)n(CC(=O)Nc4ccccc4OC)cnc23)c1. The average molecular weight is 418 g/mol. The number of ether oxygens (including phenoxy) is 2. The van der Waals surface area contributed by atoms with Crippen molar-refractivity contribution in [2.75, 3.05) is 19.5 Å². The molecule has 0 spiro atoms. The number of methoxy groups -OCH3 is 2. The summed E-state index contributed by atoms with van der Waals surface area (Å²) in [5.74, 6) is 0.910. The summed E-state index contributed by atoms with van der Waals surface area (Å²) in [5.41, 5.74) is 2.95. The second-order valence-electron chi connectivity index (χ2n) is 7.01. The number of amides is 1. The van der Waals surface area contributed by atoms with Gasteiger partial charge in [-0.15, -0.1) is 0 Å². The Morgan fingerprint density at radius 1 is 1.10 bits per heavy atom. The van der Waals surface area contributed by atoms with Crippen molar-refractivity contribution in [3.63, 3.8) is 0 Å². The number of hydrogen-bond donors (Lipinski definition) is 1. The lowest BCUT2D eigenvalue weighted by Gasteiger charge is -2.11. The number of anilines is 1. The van der Waals surface area contributed by atoms with E-state index in [-0.39, 0.29) is 18.0 Å². The summed E-state index contributed by atoms with van der Waals surface area (Å²) in [6.07, 6.45) is 3.25. The van der Waals surface area contributed by atoms with Crippen LogP contribution in [0.3, 0.4) is 0 Å². The van der Waals surface area contributed by atoms with Crippen LogP contribution >= 0.6 is 0 Å². The minimum atomic E-state index is -0.352. The first-order chi connectivity index (χ1) is 15.0. The standard InChI is InChI=1S/C23H22N4O4/c1-26-12-17(15-7-6-8-16(11-15)30-2)21-22(26)23(29)27(14-24-21)13-20(28)25-18-9-4-5-10-19(18)31-3/h4-12,14H,13H2,1-3H3,(H,25,28). The van der Waals surface area contributed by atoms with E-state index >= 15 is 0 Å². The van der Waals surface area contributed by atoms with Gasteiger partial charge in [0.05, 0.1) is 26.2 Å². The molecule has 0 saturated heterocycles. The quantitative estimate of drug-likeness (QED) is 0.520. The van der Waals surface area contributed by atoms with E-state index in [1.807, 2.05) is 36.5 Å². The molecule has 0 saturated carbocycles. The molecule has 8 nitrogen and oxygen atoms in total. The first-order valence-corrected chi connectivity index (χ1v) is 9.63. The van der Waals surface area contributed by atoms with E-state index in [9.17, 15) is 9.59 Å². The van der Waals surface area contributed by atoms with Crippen LogP contribution in [-0.4, -0.2) is 34.2 Å². The van der Waals surface area contributed by atoms with Gasteiger partial charge in [0.15, 0.2) is 0 Å². The van der Waals surface area contributed by atoms with E-state index in [2.05, 4.69) is 10.3 Å². The van der Waals surface area contributed by atoms with Gasteiger partial charge in [0.25, 0.3) is 5.56 Å². The molecule has 1 amide bonds. The number of benzene rings is 2. The van der Waals surface area contributed by atoms with Gasteiger partial charge in [0.2, 0.25) is 5.91 Å². The average Bonchev–Trinajstić information content (AvgIpc) is 3.13. The van der Waals surface area contributed by atoms with Gasteiger partial charge in [-0.05, 0) is 29.8 Å². The number of aryl methyl sites for hydroxylation is 1. The second kappa shape index (κ2) is 8.35. The van der Waals surface area contributed by atoms with Crippen LogP contribution in [0.25, 0.3) is 22.2 Å². The summed E-state index contributed by atoms with van der Waals surface area (Å²) in [4.78, 5) is 30.1. The normalized spacial score (nSPS) is 10.8. The number of hydrogen-bond acceptors (Lipinski definition) is 5. The van der Waals surface area contributed by atoms with Crippen LogP contribution in [0.2, 0.25) is 0 Å². The van der Waals surface area contributed by atoms with E-state index in [0.717, 1.165) is 16.9 Å². The maximum absolute atomic E-state index is 13.1. The highest BCUT2D eigenvalue weighted by atomic mass is 16.5. The van der Waals surface area contributed by atoms with E-state index in [1.54, 1.807) is 36.9 Å². The van der Waals surface area contributed by atoms with Gasteiger partial charge in [0.1, 0.15) is 29.1 Å². The van der Waals surface area contributed by atoms with Crippen LogP contribution in [0, 0.1) is 0 Å². The molecule has 4 rings (SSSR count). The van der Waals surface area contributed by atoms with Crippen LogP contribution in [0.1, 0.15) is 0 Å². The lowest BCUT2D eigenvalue weighted by Crippen LogP contribution is -2.28. The minimum absolute atomic E-state index is 0.167. The van der Waals surface area contributed by atoms with Gasteiger partial charge < -0.3 is 19.4 Å². The maximum atomic E-state index is 13.1. The van der Waals surface area contributed by atoms with E-state index in [1.165, 1.54) is 18.0 Å². The van der Waals surface area contributed by atoms with Crippen molar-refractivity contribution in [2.24, 2.45) is 7.05 Å². The van der Waals surface area contributed by atoms with E-state index in [4.69, 9.17) is 9.47 Å². The van der Waals surface area contributed by atoms with Gasteiger partial charge in [-0.2, -0.15) is 0 Å². The Kier molecular flexibility index (Phi) is 5.44. The van der Waals surface area contributed by atoms with Crippen LogP contribution in [0.4, 0.5) is 5.69 Å². The van der Waals surface area contributed by atoms with Crippen molar-refractivity contribution in [1.82, 2.24) is 14.1 Å². The third-order valence-electron chi connectivity index (χ3n) is 5.02. The van der Waals surface area contributed by atoms with E-state index < -0.39 is 0 Å². The number of fused-ring (bicyclic) bond motifs is 1. The Bertz CT molecular complexity index is 1320. The molecule has 1 N–H and O–H groups in total. The molecule has 2 aromatic heterocycles. The van der Waals surface area contributed by atoms with Gasteiger partial charge in [-0.3, -0.25) is 14.2 Å². The molecule has 8 heteroatoms. The third kappa shape index (κ3) is 3.87. The summed E-state index contributed by atoms with van der Waals surface area (Å²) in [7, 11) is 4.92. The molecule has 2 heterocycles. The Morgan fingerprint density at radius 3 is 2.68 bits per heavy atom. The summed E-state index contributed by atoms with van der Waals surface area (Å²) >= 11 is 0. The third-order valence-corrected chi connectivity index (χ3v) is 5.02. The lowest BCUT2D eigenvalue weighted by atomic mass is 10.1. The Labute approximate surface area is 178 Å². The first-order valence-electron chi connectivity index (χ1n) is 9.63. The van der Waals surface area contributed by atoms with Gasteiger partial charge >= 0.3 is 0 Å². The number of aromatic nitrogens is 3. The fraction of sp³-hybridized carbons (Fsp3) is 0.174. The highest BCUT2D eigenvalue weighted by Gasteiger charge is 2.17. The molecule has 0 aliphatic heterocycles. The summed E-state index contributed by atoms with van der Waals surface area (Å²) in [6, 6.07) is 14.7. The highest BCUT2D eigenvalue weighted by molar-refractivity contribution is 5.94. The predicted octanol–water partition coefficient (Wildman–Crippen LogP) is 3.06. The molecule has 158 valence electrons. The van der Waals surface area contributed by atoms with Crippen molar-refractivity contribution in [2.45, 2.75) is 6.54 Å². The number of rotatable bonds is 6. The number of nitrogens with zero attached hydrogens (tertiary/aromatic N) is 3. The highest BCUT2D eigenvalue weighted by Crippen LogP contribution is 2.29. The van der Waals surface area contributed by atoms with Gasteiger partial charge in [0, 0.05) is 18.8 Å². The zero-order valence-electron chi connectivity index (χ0n) is 17.5. The Balaban J connectivity index is 1.66. The fourth-order valence-corrected chi connectivity index (χ4v) is 3.52. The van der Waals surface area contributed by atoms with Crippen LogP contribution in [0.15, 0.2) is 65.8 Å². The molecule has 4 aromatic rings. The number of nitrogens with one attached hydrogen (secondary N) is 1. The number of para-hydroxylation sites is 2. The first kappa shape index (κ1) is 20.2. The van der Waals surface area contributed by atoms with Crippen molar-refractivity contribution < 1.29 is 14.3 Å². The van der Waals surface area contributed by atoms with E-state index in [0.29, 0.717) is 22.5 Å². The maximum Gasteiger partial charge on any atom is 0.278 e. The zero-order valence-corrected chi connectivity index (χ0v) is 17.5. The smallest absolute Gasteiger partial charge is 0.278 e. The second-order valence-corrected chi connectivity index (χ2v) is 7.01. The predicted molar refractivity (Wildman–Crippen MR) is 119 cm³/mol. The summed E-state index contributed by atoms with van der Waals surface area (Å²) in [5, 5.41) is 2.77. The summed E-state index contributed by atoms with van der Waals surface area (Å²) < 4.78 is 13.6. The molecule has 0 radical (unpaired) electrons.